The molecule has 6 nitrogen and oxygen atoms in total. The molecule has 3 heterocycles. The molecule has 156 valence electrons. The maximum absolute atomic E-state index is 12.7. The predicted molar refractivity (Wildman–Crippen MR) is 125 cm³/mol. The minimum Gasteiger partial charge on any atom is -0.304 e. The van der Waals surface area contributed by atoms with Crippen molar-refractivity contribution in [3.05, 3.63) is 71.0 Å². The largest absolute Gasteiger partial charge is 0.304 e. The Kier molecular flexibility index (Phi) is 5.51. The maximum Gasteiger partial charge on any atom is 0.258 e. The number of rotatable bonds is 7. The van der Waals surface area contributed by atoms with E-state index >= 15 is 0 Å². The molecule has 1 aromatic carbocycles. The van der Waals surface area contributed by atoms with Gasteiger partial charge in [0, 0.05) is 29.0 Å². The first-order valence-corrected chi connectivity index (χ1v) is 11.3. The lowest BCUT2D eigenvalue weighted by Crippen LogP contribution is -2.13. The third-order valence-electron chi connectivity index (χ3n) is 5.56. The Morgan fingerprint density at radius 2 is 2.00 bits per heavy atom. The van der Waals surface area contributed by atoms with Crippen LogP contribution in [0, 0.1) is 5.92 Å². The van der Waals surface area contributed by atoms with E-state index in [1.54, 1.807) is 24.5 Å². The Labute approximate surface area is 188 Å². The van der Waals surface area contributed by atoms with Crippen molar-refractivity contribution in [2.45, 2.75) is 32.2 Å². The molecule has 1 N–H and O–H groups in total. The number of pyridine rings is 2. The van der Waals surface area contributed by atoms with Gasteiger partial charge >= 0.3 is 0 Å². The van der Waals surface area contributed by atoms with E-state index in [0.29, 0.717) is 11.4 Å². The molecule has 0 saturated heterocycles. The Morgan fingerprint density at radius 3 is 2.74 bits per heavy atom. The molecule has 1 fully saturated rings. The van der Waals surface area contributed by atoms with E-state index in [-0.39, 0.29) is 5.91 Å². The molecule has 0 unspecified atom stereocenters. The highest BCUT2D eigenvalue weighted by atomic mass is 79.9. The van der Waals surface area contributed by atoms with Crippen LogP contribution in [-0.4, -0.2) is 25.7 Å². The third kappa shape index (κ3) is 4.37. The van der Waals surface area contributed by atoms with Gasteiger partial charge in [0.15, 0.2) is 11.5 Å². The Morgan fingerprint density at radius 1 is 1.16 bits per heavy atom. The lowest BCUT2D eigenvalue weighted by molar-refractivity contribution is 0.102. The fourth-order valence-corrected chi connectivity index (χ4v) is 4.28. The van der Waals surface area contributed by atoms with Crippen LogP contribution in [-0.2, 0) is 6.54 Å². The number of amides is 1. The molecule has 0 bridgehead atoms. The first-order valence-electron chi connectivity index (χ1n) is 10.5. The summed E-state index contributed by atoms with van der Waals surface area (Å²) in [4.78, 5) is 21.7. The SMILES string of the molecule is O=C(Nc1nn(CCCC2CC2)c2nc(-c3ccccc3)c(Br)cc12)c1cccnc1. The van der Waals surface area contributed by atoms with Crippen molar-refractivity contribution in [2.75, 3.05) is 5.32 Å². The number of aryl methyl sites for hydroxylation is 1. The van der Waals surface area contributed by atoms with Crippen LogP contribution in [0.25, 0.3) is 22.3 Å². The van der Waals surface area contributed by atoms with Gasteiger partial charge in [0.25, 0.3) is 5.91 Å². The first-order chi connectivity index (χ1) is 15.2. The summed E-state index contributed by atoms with van der Waals surface area (Å²) in [7, 11) is 0. The minimum absolute atomic E-state index is 0.235. The number of halogens is 1. The second-order valence-corrected chi connectivity index (χ2v) is 8.76. The first kappa shape index (κ1) is 19.9. The molecular weight excluding hydrogens is 454 g/mol. The molecule has 0 radical (unpaired) electrons. The average molecular weight is 476 g/mol. The number of carbonyl (C=O) groups excluding carboxylic acids is 1. The second-order valence-electron chi connectivity index (χ2n) is 7.91. The molecule has 3 aromatic heterocycles. The van der Waals surface area contributed by atoms with Gasteiger partial charge in [0.05, 0.1) is 16.6 Å². The number of aromatic nitrogens is 4. The molecule has 7 heteroatoms. The molecule has 0 aliphatic heterocycles. The fraction of sp³-hybridized carbons (Fsp3) is 0.250. The summed E-state index contributed by atoms with van der Waals surface area (Å²) in [5.41, 5.74) is 3.16. The monoisotopic (exact) mass is 475 g/mol. The third-order valence-corrected chi connectivity index (χ3v) is 6.16. The maximum atomic E-state index is 12.7. The van der Waals surface area contributed by atoms with Gasteiger partial charge in [-0.1, -0.05) is 43.2 Å². The van der Waals surface area contributed by atoms with Crippen LogP contribution >= 0.6 is 15.9 Å². The smallest absolute Gasteiger partial charge is 0.258 e. The molecule has 0 spiro atoms. The van der Waals surface area contributed by atoms with Crippen LogP contribution in [0.2, 0.25) is 0 Å². The van der Waals surface area contributed by atoms with E-state index < -0.39 is 0 Å². The normalized spacial score (nSPS) is 13.5. The van der Waals surface area contributed by atoms with E-state index in [1.165, 1.54) is 19.3 Å². The van der Waals surface area contributed by atoms with Gasteiger partial charge in [-0.05, 0) is 52.9 Å². The van der Waals surface area contributed by atoms with Gasteiger partial charge in [-0.2, -0.15) is 5.10 Å². The molecule has 1 saturated carbocycles. The topological polar surface area (TPSA) is 72.7 Å². The van der Waals surface area contributed by atoms with Crippen LogP contribution < -0.4 is 5.32 Å². The van der Waals surface area contributed by atoms with E-state index in [9.17, 15) is 4.79 Å². The van der Waals surface area contributed by atoms with E-state index in [1.807, 2.05) is 41.1 Å². The summed E-state index contributed by atoms with van der Waals surface area (Å²) in [5, 5.41) is 8.49. The summed E-state index contributed by atoms with van der Waals surface area (Å²) in [6.45, 7) is 0.776. The van der Waals surface area contributed by atoms with Gasteiger partial charge in [-0.3, -0.25) is 9.78 Å². The van der Waals surface area contributed by atoms with Crippen LogP contribution in [0.3, 0.4) is 0 Å². The number of anilines is 1. The Balaban J connectivity index is 1.53. The summed E-state index contributed by atoms with van der Waals surface area (Å²) in [5.74, 6) is 1.15. The lowest BCUT2D eigenvalue weighted by Gasteiger charge is -2.07. The zero-order valence-corrected chi connectivity index (χ0v) is 18.5. The number of nitrogens with zero attached hydrogens (tertiary/aromatic N) is 4. The number of benzene rings is 1. The van der Waals surface area contributed by atoms with E-state index in [2.05, 4.69) is 26.2 Å². The van der Waals surface area contributed by atoms with Crippen molar-refractivity contribution in [2.24, 2.45) is 5.92 Å². The van der Waals surface area contributed by atoms with Crippen LogP contribution in [0.5, 0.6) is 0 Å². The van der Waals surface area contributed by atoms with Gasteiger partial charge in [-0.25, -0.2) is 9.67 Å². The highest BCUT2D eigenvalue weighted by molar-refractivity contribution is 9.10. The molecular formula is C24H22BrN5O. The number of hydrogen-bond donors (Lipinski definition) is 1. The molecule has 0 atom stereocenters. The van der Waals surface area contributed by atoms with E-state index in [4.69, 9.17) is 10.1 Å². The number of fused-ring (bicyclic) bond motifs is 1. The highest BCUT2D eigenvalue weighted by Gasteiger charge is 2.22. The van der Waals surface area contributed by atoms with Crippen molar-refractivity contribution in [3.63, 3.8) is 0 Å². The number of nitrogens with one attached hydrogen (secondary N) is 1. The van der Waals surface area contributed by atoms with Crippen LogP contribution in [0.15, 0.2) is 65.4 Å². The van der Waals surface area contributed by atoms with Crippen molar-refractivity contribution in [1.29, 1.82) is 0 Å². The zero-order valence-electron chi connectivity index (χ0n) is 17.0. The standard InChI is InChI=1S/C24H22BrN5O/c25-20-14-19-22(28-24(31)18-9-4-12-26-15-18)29-30(13-5-6-16-10-11-16)23(19)27-21(20)17-7-2-1-3-8-17/h1-4,7-9,12,14-16H,5-6,10-11,13H2,(H,28,29,31). The molecule has 31 heavy (non-hydrogen) atoms. The Hall–Kier alpha value is -3.06. The summed E-state index contributed by atoms with van der Waals surface area (Å²) in [6, 6.07) is 15.5. The number of hydrogen-bond acceptors (Lipinski definition) is 4. The van der Waals surface area contributed by atoms with E-state index in [0.717, 1.165) is 45.6 Å². The lowest BCUT2D eigenvalue weighted by atomic mass is 10.1. The molecule has 1 aliphatic carbocycles. The second kappa shape index (κ2) is 8.59. The van der Waals surface area contributed by atoms with Gasteiger partial charge in [0.2, 0.25) is 0 Å². The summed E-state index contributed by atoms with van der Waals surface area (Å²) >= 11 is 3.67. The van der Waals surface area contributed by atoms with Gasteiger partial charge < -0.3 is 5.32 Å². The average Bonchev–Trinajstić information content (AvgIpc) is 3.57. The van der Waals surface area contributed by atoms with Crippen molar-refractivity contribution in [3.8, 4) is 11.3 Å². The van der Waals surface area contributed by atoms with Crippen molar-refractivity contribution >= 4 is 38.7 Å². The van der Waals surface area contributed by atoms with Crippen LogP contribution in [0.1, 0.15) is 36.0 Å². The fourth-order valence-electron chi connectivity index (χ4n) is 3.73. The van der Waals surface area contributed by atoms with Crippen molar-refractivity contribution < 1.29 is 4.79 Å². The quantitative estimate of drug-likeness (QED) is 0.372. The predicted octanol–water partition coefficient (Wildman–Crippen LogP) is 5.70. The summed E-state index contributed by atoms with van der Waals surface area (Å²) in [6.07, 6.45) is 8.14. The van der Waals surface area contributed by atoms with Crippen LogP contribution in [0.4, 0.5) is 5.82 Å². The molecule has 4 aromatic rings. The molecule has 1 aliphatic rings. The molecule has 1 amide bonds. The van der Waals surface area contributed by atoms with Crippen molar-refractivity contribution in [1.82, 2.24) is 19.7 Å². The summed E-state index contributed by atoms with van der Waals surface area (Å²) < 4.78 is 2.79. The zero-order chi connectivity index (χ0) is 21.2. The van der Waals surface area contributed by atoms with Gasteiger partial charge in [-0.15, -0.1) is 0 Å². The highest BCUT2D eigenvalue weighted by Crippen LogP contribution is 2.35. The Bertz CT molecular complexity index is 1220. The van der Waals surface area contributed by atoms with Gasteiger partial charge in [0.1, 0.15) is 0 Å². The number of carbonyl (C=O) groups is 1. The minimum atomic E-state index is -0.235. The molecule has 5 rings (SSSR count).